The van der Waals surface area contributed by atoms with E-state index in [1.807, 2.05) is 19.1 Å². The van der Waals surface area contributed by atoms with Gasteiger partial charge in [0.05, 0.1) is 11.8 Å². The Kier molecular flexibility index (Phi) is 6.07. The molecule has 1 amide bonds. The van der Waals surface area contributed by atoms with Crippen LogP contribution < -0.4 is 14.8 Å². The van der Waals surface area contributed by atoms with E-state index in [9.17, 15) is 13.2 Å². The molecule has 28 heavy (non-hydrogen) atoms. The average Bonchev–Trinajstić information content (AvgIpc) is 3.31. The maximum atomic E-state index is 12.7. The van der Waals surface area contributed by atoms with Gasteiger partial charge in [0.2, 0.25) is 10.0 Å². The van der Waals surface area contributed by atoms with Crippen molar-refractivity contribution in [2.24, 2.45) is 7.05 Å². The molecule has 1 aromatic carbocycles. The molecule has 1 atom stereocenters. The SMILES string of the molecule is CNS(=O)(=O)c1cc(C(=O)Nc2ccc(C)cc2OCC2CCCO2)n(C)c1. The van der Waals surface area contributed by atoms with Crippen molar-refractivity contribution in [2.75, 3.05) is 25.6 Å². The number of nitrogens with one attached hydrogen (secondary N) is 2. The van der Waals surface area contributed by atoms with E-state index in [0.29, 0.717) is 18.0 Å². The highest BCUT2D eigenvalue weighted by molar-refractivity contribution is 7.89. The topological polar surface area (TPSA) is 98.7 Å². The molecule has 1 aliphatic rings. The molecule has 9 heteroatoms. The van der Waals surface area contributed by atoms with Crippen LogP contribution in [0.15, 0.2) is 35.4 Å². The highest BCUT2D eigenvalue weighted by atomic mass is 32.2. The second-order valence-electron chi connectivity index (χ2n) is 6.78. The smallest absolute Gasteiger partial charge is 0.272 e. The van der Waals surface area contributed by atoms with Crippen molar-refractivity contribution < 1.29 is 22.7 Å². The van der Waals surface area contributed by atoms with Crippen LogP contribution in [0.3, 0.4) is 0 Å². The lowest BCUT2D eigenvalue weighted by Gasteiger charge is -2.16. The van der Waals surface area contributed by atoms with Gasteiger partial charge >= 0.3 is 0 Å². The van der Waals surface area contributed by atoms with Gasteiger partial charge in [0.15, 0.2) is 0 Å². The molecular weight excluding hydrogens is 382 g/mol. The number of aromatic nitrogens is 1. The van der Waals surface area contributed by atoms with Crippen LogP contribution in [0.4, 0.5) is 5.69 Å². The molecule has 8 nitrogen and oxygen atoms in total. The third kappa shape index (κ3) is 4.54. The molecule has 0 spiro atoms. The Bertz CT molecular complexity index is 962. The highest BCUT2D eigenvalue weighted by Gasteiger charge is 2.21. The Hall–Kier alpha value is -2.36. The predicted molar refractivity (Wildman–Crippen MR) is 105 cm³/mol. The van der Waals surface area contributed by atoms with Crippen LogP contribution in [0, 0.1) is 6.92 Å². The largest absolute Gasteiger partial charge is 0.489 e. The number of carbonyl (C=O) groups is 1. The first-order valence-corrected chi connectivity index (χ1v) is 10.5. The molecule has 0 radical (unpaired) electrons. The van der Waals surface area contributed by atoms with Gasteiger partial charge in [-0.05, 0) is 50.6 Å². The summed E-state index contributed by atoms with van der Waals surface area (Å²) in [6.45, 7) is 3.11. The van der Waals surface area contributed by atoms with Gasteiger partial charge in [0.25, 0.3) is 5.91 Å². The number of benzene rings is 1. The molecule has 0 aliphatic carbocycles. The molecule has 1 aliphatic heterocycles. The third-order valence-corrected chi connectivity index (χ3v) is 6.01. The van der Waals surface area contributed by atoms with Gasteiger partial charge in [0, 0.05) is 19.9 Å². The minimum Gasteiger partial charge on any atom is -0.489 e. The van der Waals surface area contributed by atoms with E-state index in [1.54, 1.807) is 13.1 Å². The summed E-state index contributed by atoms with van der Waals surface area (Å²) in [5, 5.41) is 2.81. The monoisotopic (exact) mass is 407 g/mol. The first-order valence-electron chi connectivity index (χ1n) is 9.06. The van der Waals surface area contributed by atoms with Crippen LogP contribution in [0.1, 0.15) is 28.9 Å². The second-order valence-corrected chi connectivity index (χ2v) is 8.67. The van der Waals surface area contributed by atoms with Crippen molar-refractivity contribution in [3.8, 4) is 5.75 Å². The zero-order chi connectivity index (χ0) is 20.3. The van der Waals surface area contributed by atoms with Gasteiger partial charge in [0.1, 0.15) is 22.9 Å². The summed E-state index contributed by atoms with van der Waals surface area (Å²) in [5.41, 5.74) is 1.74. The Morgan fingerprint density at radius 3 is 2.82 bits per heavy atom. The molecule has 2 heterocycles. The Labute approximate surface area is 164 Å². The van der Waals surface area contributed by atoms with Gasteiger partial charge < -0.3 is 19.4 Å². The number of hydrogen-bond donors (Lipinski definition) is 2. The quantitative estimate of drug-likeness (QED) is 0.732. The molecule has 1 saturated heterocycles. The van der Waals surface area contributed by atoms with E-state index in [1.165, 1.54) is 23.9 Å². The predicted octanol–water partition coefficient (Wildman–Crippen LogP) is 2.05. The third-order valence-electron chi connectivity index (χ3n) is 4.63. The fraction of sp³-hybridized carbons (Fsp3) is 0.421. The Balaban J connectivity index is 1.78. The minimum atomic E-state index is -3.63. The second kappa shape index (κ2) is 8.34. The molecule has 3 rings (SSSR count). The molecule has 1 aromatic heterocycles. The van der Waals surface area contributed by atoms with E-state index in [4.69, 9.17) is 9.47 Å². The molecule has 2 aromatic rings. The van der Waals surface area contributed by atoms with Crippen molar-refractivity contribution >= 4 is 21.6 Å². The molecule has 1 unspecified atom stereocenters. The van der Waals surface area contributed by atoms with E-state index in [2.05, 4.69) is 10.0 Å². The molecular formula is C19H25N3O5S. The molecule has 1 fully saturated rings. The first kappa shape index (κ1) is 20.4. The Morgan fingerprint density at radius 2 is 2.14 bits per heavy atom. The van der Waals surface area contributed by atoms with Crippen molar-refractivity contribution in [2.45, 2.75) is 30.8 Å². The average molecular weight is 407 g/mol. The van der Waals surface area contributed by atoms with Gasteiger partial charge in [-0.2, -0.15) is 0 Å². The first-order chi connectivity index (χ1) is 13.3. The highest BCUT2D eigenvalue weighted by Crippen LogP contribution is 2.28. The number of carbonyl (C=O) groups excluding carboxylic acids is 1. The zero-order valence-electron chi connectivity index (χ0n) is 16.2. The van der Waals surface area contributed by atoms with Crippen molar-refractivity contribution in [3.63, 3.8) is 0 Å². The number of ether oxygens (including phenoxy) is 2. The van der Waals surface area contributed by atoms with Gasteiger partial charge in [-0.3, -0.25) is 4.79 Å². The van der Waals surface area contributed by atoms with E-state index >= 15 is 0 Å². The summed E-state index contributed by atoms with van der Waals surface area (Å²) in [5.74, 6) is 0.131. The van der Waals surface area contributed by atoms with Crippen molar-refractivity contribution in [1.29, 1.82) is 0 Å². The number of nitrogens with zero attached hydrogens (tertiary/aromatic N) is 1. The van der Waals surface area contributed by atoms with Crippen LogP contribution in [0.25, 0.3) is 0 Å². The van der Waals surface area contributed by atoms with Gasteiger partial charge in [-0.25, -0.2) is 13.1 Å². The van der Waals surface area contributed by atoms with Gasteiger partial charge in [-0.15, -0.1) is 0 Å². The summed E-state index contributed by atoms with van der Waals surface area (Å²) in [7, 11) is -0.683. The summed E-state index contributed by atoms with van der Waals surface area (Å²) in [6, 6.07) is 6.83. The van der Waals surface area contributed by atoms with Crippen LogP contribution in [0.2, 0.25) is 0 Å². The van der Waals surface area contributed by atoms with E-state index in [0.717, 1.165) is 25.0 Å². The maximum Gasteiger partial charge on any atom is 0.272 e. The zero-order valence-corrected chi connectivity index (χ0v) is 17.0. The van der Waals surface area contributed by atoms with Crippen LogP contribution in [0.5, 0.6) is 5.75 Å². The Morgan fingerprint density at radius 1 is 1.36 bits per heavy atom. The number of sulfonamides is 1. The number of amides is 1. The summed E-state index contributed by atoms with van der Waals surface area (Å²) in [4.78, 5) is 12.8. The number of anilines is 1. The fourth-order valence-electron chi connectivity index (χ4n) is 3.02. The summed E-state index contributed by atoms with van der Waals surface area (Å²) >= 11 is 0. The molecule has 0 saturated carbocycles. The lowest BCUT2D eigenvalue weighted by molar-refractivity contribution is 0.0681. The van der Waals surface area contributed by atoms with E-state index < -0.39 is 15.9 Å². The molecule has 0 bridgehead atoms. The summed E-state index contributed by atoms with van der Waals surface area (Å²) in [6.07, 6.45) is 3.44. The van der Waals surface area contributed by atoms with Crippen LogP contribution in [-0.4, -0.2) is 45.3 Å². The molecule has 2 N–H and O–H groups in total. The van der Waals surface area contributed by atoms with Crippen molar-refractivity contribution in [1.82, 2.24) is 9.29 Å². The number of aryl methyl sites for hydroxylation is 2. The standard InChI is InChI=1S/C19H25N3O5S/c1-13-6-7-16(18(9-13)27-12-14-5-4-8-26-14)21-19(23)17-10-15(11-22(17)3)28(24,25)20-2/h6-7,9-11,14,20H,4-5,8,12H2,1-3H3,(H,21,23). The molecule has 152 valence electrons. The van der Waals surface area contributed by atoms with Crippen LogP contribution >= 0.6 is 0 Å². The van der Waals surface area contributed by atoms with Gasteiger partial charge in [-0.1, -0.05) is 6.07 Å². The van der Waals surface area contributed by atoms with Crippen LogP contribution in [-0.2, 0) is 21.8 Å². The number of rotatable bonds is 7. The lowest BCUT2D eigenvalue weighted by Crippen LogP contribution is -2.19. The van der Waals surface area contributed by atoms with E-state index in [-0.39, 0.29) is 16.7 Å². The number of hydrogen-bond acceptors (Lipinski definition) is 5. The minimum absolute atomic E-state index is 0.0291. The normalized spacial score (nSPS) is 16.9. The fourth-order valence-corrected chi connectivity index (χ4v) is 3.82. The van der Waals surface area contributed by atoms with Crippen molar-refractivity contribution in [3.05, 3.63) is 41.7 Å². The summed E-state index contributed by atoms with van der Waals surface area (Å²) < 4.78 is 39.1. The lowest BCUT2D eigenvalue weighted by atomic mass is 10.2. The maximum absolute atomic E-state index is 12.7.